The van der Waals surface area contributed by atoms with Crippen molar-refractivity contribution in [3.63, 3.8) is 0 Å². The van der Waals surface area contributed by atoms with Crippen LogP contribution in [-0.2, 0) is 16.1 Å². The monoisotopic (exact) mass is 359 g/mol. The molecule has 1 N–H and O–H groups in total. The van der Waals surface area contributed by atoms with Gasteiger partial charge in [0.15, 0.2) is 10.8 Å². The van der Waals surface area contributed by atoms with E-state index in [1.54, 1.807) is 17.9 Å². The Bertz CT molecular complexity index is 818. The number of fused-ring (bicyclic) bond motifs is 1. The number of aromatic nitrogens is 1. The Kier molecular flexibility index (Phi) is 5.08. The van der Waals surface area contributed by atoms with E-state index in [1.165, 1.54) is 5.38 Å². The Labute approximate surface area is 148 Å². The molecule has 0 spiro atoms. The van der Waals surface area contributed by atoms with Gasteiger partial charge in [0.2, 0.25) is 5.91 Å². The van der Waals surface area contributed by atoms with Crippen molar-refractivity contribution in [3.05, 3.63) is 46.5 Å². The number of nitrogens with zero attached hydrogens (tertiary/aromatic N) is 2. The van der Waals surface area contributed by atoms with Crippen LogP contribution < -0.4 is 5.32 Å². The van der Waals surface area contributed by atoms with E-state index in [0.717, 1.165) is 16.9 Å². The predicted molar refractivity (Wildman–Crippen MR) is 92.5 cm³/mol. The highest BCUT2D eigenvalue weighted by Gasteiger charge is 2.26. The average molecular weight is 359 g/mol. The second-order valence-corrected chi connectivity index (χ2v) is 6.30. The highest BCUT2D eigenvalue weighted by Crippen LogP contribution is 2.22. The summed E-state index contributed by atoms with van der Waals surface area (Å²) in [7, 11) is 0. The second-order valence-electron chi connectivity index (χ2n) is 5.44. The Morgan fingerprint density at radius 3 is 2.92 bits per heavy atom. The number of hydrogen-bond donors (Lipinski definition) is 1. The Hall–Kier alpha value is -2.74. The van der Waals surface area contributed by atoms with E-state index in [1.807, 2.05) is 18.2 Å². The first-order valence-electron chi connectivity index (χ1n) is 7.88. The first-order chi connectivity index (χ1) is 12.1. The minimum absolute atomic E-state index is 0.0535. The lowest BCUT2D eigenvalue weighted by Crippen LogP contribution is -2.28. The SMILES string of the molecule is CCOC(=O)c1csc(NC(=O)CCN2Cc3ccccc3C2=O)n1. The molecule has 1 aromatic heterocycles. The van der Waals surface area contributed by atoms with Crippen LogP contribution in [0.1, 0.15) is 39.8 Å². The topological polar surface area (TPSA) is 88.6 Å². The molecular weight excluding hydrogens is 342 g/mol. The van der Waals surface area contributed by atoms with Gasteiger partial charge in [0, 0.05) is 30.5 Å². The summed E-state index contributed by atoms with van der Waals surface area (Å²) in [5.74, 6) is -0.824. The summed E-state index contributed by atoms with van der Waals surface area (Å²) in [5.41, 5.74) is 1.85. The number of hydrogen-bond acceptors (Lipinski definition) is 6. The maximum Gasteiger partial charge on any atom is 0.357 e. The van der Waals surface area contributed by atoms with E-state index in [0.29, 0.717) is 23.8 Å². The Balaban J connectivity index is 1.51. The zero-order valence-corrected chi connectivity index (χ0v) is 14.5. The van der Waals surface area contributed by atoms with E-state index in [-0.39, 0.29) is 30.5 Å². The van der Waals surface area contributed by atoms with E-state index in [4.69, 9.17) is 4.74 Å². The number of rotatable bonds is 6. The number of nitrogens with one attached hydrogen (secondary N) is 1. The van der Waals surface area contributed by atoms with Crippen molar-refractivity contribution in [3.8, 4) is 0 Å². The molecule has 8 heteroatoms. The number of carbonyl (C=O) groups excluding carboxylic acids is 3. The minimum Gasteiger partial charge on any atom is -0.461 e. The van der Waals surface area contributed by atoms with E-state index >= 15 is 0 Å². The largest absolute Gasteiger partial charge is 0.461 e. The summed E-state index contributed by atoms with van der Waals surface area (Å²) in [5, 5.41) is 4.52. The van der Waals surface area contributed by atoms with Crippen molar-refractivity contribution < 1.29 is 19.1 Å². The van der Waals surface area contributed by atoms with Gasteiger partial charge in [-0.25, -0.2) is 9.78 Å². The van der Waals surface area contributed by atoms with Crippen LogP contribution in [0.3, 0.4) is 0 Å². The minimum atomic E-state index is -0.514. The number of benzene rings is 1. The van der Waals surface area contributed by atoms with Gasteiger partial charge in [-0.05, 0) is 18.6 Å². The lowest BCUT2D eigenvalue weighted by atomic mass is 10.1. The number of anilines is 1. The fraction of sp³-hybridized carbons (Fsp3) is 0.294. The number of esters is 1. The molecule has 3 rings (SSSR count). The smallest absolute Gasteiger partial charge is 0.357 e. The van der Waals surface area contributed by atoms with Gasteiger partial charge in [-0.3, -0.25) is 9.59 Å². The third-order valence-corrected chi connectivity index (χ3v) is 4.50. The molecule has 1 aliphatic heterocycles. The summed E-state index contributed by atoms with van der Waals surface area (Å²) in [4.78, 5) is 41.5. The summed E-state index contributed by atoms with van der Waals surface area (Å²) in [6, 6.07) is 7.44. The summed E-state index contributed by atoms with van der Waals surface area (Å²) in [6.45, 7) is 2.83. The van der Waals surface area contributed by atoms with Gasteiger partial charge in [-0.2, -0.15) is 0 Å². The standard InChI is InChI=1S/C17H17N3O4S/c1-2-24-16(23)13-10-25-17(18-13)19-14(21)7-8-20-9-11-5-3-4-6-12(11)15(20)22/h3-6,10H,2,7-9H2,1H3,(H,18,19,21). The normalized spacial score (nSPS) is 12.8. The number of thiazole rings is 1. The predicted octanol–water partition coefficient (Wildman–Crippen LogP) is 2.30. The summed E-state index contributed by atoms with van der Waals surface area (Å²) < 4.78 is 4.85. The Morgan fingerprint density at radius 1 is 1.36 bits per heavy atom. The molecule has 7 nitrogen and oxygen atoms in total. The van der Waals surface area contributed by atoms with Crippen LogP contribution >= 0.6 is 11.3 Å². The fourth-order valence-electron chi connectivity index (χ4n) is 2.54. The number of ether oxygens (including phenoxy) is 1. The molecule has 0 aliphatic carbocycles. The fourth-order valence-corrected chi connectivity index (χ4v) is 3.24. The van der Waals surface area contributed by atoms with Gasteiger partial charge in [0.1, 0.15) is 0 Å². The third kappa shape index (κ3) is 3.85. The van der Waals surface area contributed by atoms with Crippen LogP contribution in [0.4, 0.5) is 5.13 Å². The zero-order chi connectivity index (χ0) is 17.8. The van der Waals surface area contributed by atoms with Gasteiger partial charge in [0.05, 0.1) is 6.61 Å². The highest BCUT2D eigenvalue weighted by atomic mass is 32.1. The Morgan fingerprint density at radius 2 is 2.16 bits per heavy atom. The van der Waals surface area contributed by atoms with E-state index in [9.17, 15) is 14.4 Å². The van der Waals surface area contributed by atoms with Crippen molar-refractivity contribution in [2.24, 2.45) is 0 Å². The molecule has 2 heterocycles. The average Bonchev–Trinajstić information content (AvgIpc) is 3.19. The molecule has 130 valence electrons. The summed E-state index contributed by atoms with van der Waals surface area (Å²) in [6.07, 6.45) is 0.161. The molecule has 1 aromatic carbocycles. The highest BCUT2D eigenvalue weighted by molar-refractivity contribution is 7.14. The van der Waals surface area contributed by atoms with Crippen LogP contribution in [0.5, 0.6) is 0 Å². The van der Waals surface area contributed by atoms with Gasteiger partial charge in [0.25, 0.3) is 5.91 Å². The lowest BCUT2D eigenvalue weighted by Gasteiger charge is -2.14. The van der Waals surface area contributed by atoms with Crippen LogP contribution in [0.2, 0.25) is 0 Å². The zero-order valence-electron chi connectivity index (χ0n) is 13.7. The van der Waals surface area contributed by atoms with Crippen molar-refractivity contribution >= 4 is 34.3 Å². The van der Waals surface area contributed by atoms with Gasteiger partial charge in [-0.15, -0.1) is 11.3 Å². The first-order valence-corrected chi connectivity index (χ1v) is 8.76. The van der Waals surface area contributed by atoms with E-state index in [2.05, 4.69) is 10.3 Å². The van der Waals surface area contributed by atoms with Crippen molar-refractivity contribution in [2.75, 3.05) is 18.5 Å². The maximum absolute atomic E-state index is 12.2. The molecule has 0 unspecified atom stereocenters. The van der Waals surface area contributed by atoms with Gasteiger partial charge >= 0.3 is 5.97 Å². The van der Waals surface area contributed by atoms with Crippen LogP contribution in [0.15, 0.2) is 29.6 Å². The lowest BCUT2D eigenvalue weighted by molar-refractivity contribution is -0.116. The summed E-state index contributed by atoms with van der Waals surface area (Å²) >= 11 is 1.16. The molecule has 2 amide bonds. The van der Waals surface area contributed by atoms with Crippen LogP contribution in [0, 0.1) is 0 Å². The van der Waals surface area contributed by atoms with E-state index < -0.39 is 5.97 Å². The van der Waals surface area contributed by atoms with Crippen LogP contribution in [-0.4, -0.2) is 40.8 Å². The maximum atomic E-state index is 12.2. The number of carbonyl (C=O) groups is 3. The quantitative estimate of drug-likeness (QED) is 0.800. The van der Waals surface area contributed by atoms with Gasteiger partial charge in [-0.1, -0.05) is 18.2 Å². The van der Waals surface area contributed by atoms with Crippen molar-refractivity contribution in [1.29, 1.82) is 0 Å². The third-order valence-electron chi connectivity index (χ3n) is 3.74. The molecule has 0 saturated heterocycles. The molecule has 1 aliphatic rings. The van der Waals surface area contributed by atoms with Gasteiger partial charge < -0.3 is 15.0 Å². The number of amides is 2. The second kappa shape index (κ2) is 7.43. The molecule has 0 bridgehead atoms. The van der Waals surface area contributed by atoms with Crippen LogP contribution in [0.25, 0.3) is 0 Å². The molecule has 25 heavy (non-hydrogen) atoms. The van der Waals surface area contributed by atoms with Crippen molar-refractivity contribution in [2.45, 2.75) is 19.9 Å². The van der Waals surface area contributed by atoms with Crippen molar-refractivity contribution in [1.82, 2.24) is 9.88 Å². The molecule has 0 saturated carbocycles. The molecular formula is C17H17N3O4S. The molecule has 2 aromatic rings. The molecule has 0 fully saturated rings. The first kappa shape index (κ1) is 17.1. The molecule has 0 atom stereocenters. The molecule has 0 radical (unpaired) electrons.